The third kappa shape index (κ3) is 4.17. The van der Waals surface area contributed by atoms with Crippen molar-refractivity contribution in [2.75, 3.05) is 11.8 Å². The normalized spacial score (nSPS) is 15.7. The molecule has 3 aromatic rings. The van der Waals surface area contributed by atoms with Crippen molar-refractivity contribution in [1.82, 2.24) is 19.9 Å². The van der Waals surface area contributed by atoms with Crippen LogP contribution in [-0.4, -0.2) is 35.9 Å². The van der Waals surface area contributed by atoms with Crippen LogP contribution in [0.4, 0.5) is 18.9 Å². The highest BCUT2D eigenvalue weighted by Gasteiger charge is 2.30. The average molecular weight is 479 g/mol. The molecule has 12 heteroatoms. The van der Waals surface area contributed by atoms with Crippen LogP contribution in [0.3, 0.4) is 0 Å². The number of sulfonamides is 1. The number of nitrogens with one attached hydrogen (secondary N) is 2. The molecule has 174 valence electrons. The molecule has 0 saturated heterocycles. The number of pyridine rings is 1. The number of rotatable bonds is 5. The molecule has 0 aliphatic carbocycles. The van der Waals surface area contributed by atoms with Crippen LogP contribution in [0.15, 0.2) is 35.6 Å². The highest BCUT2D eigenvalue weighted by Crippen LogP contribution is 2.36. The first-order chi connectivity index (χ1) is 15.6. The van der Waals surface area contributed by atoms with Gasteiger partial charge in [0.1, 0.15) is 22.2 Å². The van der Waals surface area contributed by atoms with Gasteiger partial charge in [-0.2, -0.15) is 0 Å². The second kappa shape index (κ2) is 8.50. The molecule has 1 amide bonds. The van der Waals surface area contributed by atoms with Crippen LogP contribution in [0.1, 0.15) is 39.8 Å². The van der Waals surface area contributed by atoms with E-state index in [1.165, 1.54) is 20.3 Å². The molecule has 0 spiro atoms. The molecule has 1 atom stereocenters. The molecule has 0 saturated carbocycles. The summed E-state index contributed by atoms with van der Waals surface area (Å²) in [5.41, 5.74) is 0.219. The Kier molecular flexibility index (Phi) is 5.87. The highest BCUT2D eigenvalue weighted by molar-refractivity contribution is 7.92. The number of nitrogens with zero attached hydrogens (tertiary/aromatic N) is 3. The fraction of sp³-hybridized carbons (Fsp3) is 0.286. The van der Waals surface area contributed by atoms with Gasteiger partial charge in [-0.15, -0.1) is 0 Å². The maximum Gasteiger partial charge on any atom is 0.271 e. The van der Waals surface area contributed by atoms with Crippen LogP contribution in [0, 0.1) is 24.4 Å². The smallest absolute Gasteiger partial charge is 0.271 e. The van der Waals surface area contributed by atoms with E-state index < -0.39 is 44.0 Å². The van der Waals surface area contributed by atoms with E-state index in [2.05, 4.69) is 20.0 Å². The Morgan fingerprint density at radius 1 is 1.21 bits per heavy atom. The zero-order valence-corrected chi connectivity index (χ0v) is 18.5. The number of aromatic nitrogens is 3. The van der Waals surface area contributed by atoms with Gasteiger partial charge in [0.25, 0.3) is 15.9 Å². The number of aryl methyl sites for hydroxylation is 1. The number of imidazole rings is 1. The van der Waals surface area contributed by atoms with Crippen LogP contribution in [0.25, 0.3) is 0 Å². The van der Waals surface area contributed by atoms with Gasteiger partial charge in [-0.25, -0.2) is 26.6 Å². The molecular formula is C21H20F3N5O3S. The van der Waals surface area contributed by atoms with Crippen LogP contribution >= 0.6 is 0 Å². The number of amides is 1. The van der Waals surface area contributed by atoms with E-state index in [-0.39, 0.29) is 29.4 Å². The number of hydrogen-bond acceptors (Lipinski definition) is 5. The lowest BCUT2D eigenvalue weighted by molar-refractivity contribution is 0.0957. The first kappa shape index (κ1) is 22.8. The standard InChI is InChI=1S/C21H20F3N5O3S/c1-11-17(7-13(22)8-26-11)33(31,32)28-15-5-4-14(23)18(19(15)24)12-3-6-16-20(21(30)25-2)27-10-29(16)9-12/h4-5,7-8,10,12,28H,3,6,9H2,1-2H3,(H,25,30)/t12-/m0/s1. The molecular weight excluding hydrogens is 459 g/mol. The van der Waals surface area contributed by atoms with Crippen molar-refractivity contribution in [3.8, 4) is 0 Å². The molecule has 1 aliphatic rings. The summed E-state index contributed by atoms with van der Waals surface area (Å²) in [6.07, 6.45) is 2.99. The summed E-state index contributed by atoms with van der Waals surface area (Å²) in [5.74, 6) is -3.71. The number of benzene rings is 1. The molecule has 8 nitrogen and oxygen atoms in total. The zero-order chi connectivity index (χ0) is 23.9. The summed E-state index contributed by atoms with van der Waals surface area (Å²) in [6.45, 7) is 1.54. The Labute approximate surface area is 187 Å². The van der Waals surface area contributed by atoms with E-state index >= 15 is 4.39 Å². The van der Waals surface area contributed by atoms with Gasteiger partial charge in [-0.05, 0) is 38.0 Å². The van der Waals surface area contributed by atoms with Gasteiger partial charge in [0.15, 0.2) is 5.82 Å². The van der Waals surface area contributed by atoms with Crippen LogP contribution in [0.2, 0.25) is 0 Å². The Bertz CT molecular complexity index is 1360. The molecule has 1 aromatic carbocycles. The van der Waals surface area contributed by atoms with Gasteiger partial charge >= 0.3 is 0 Å². The van der Waals surface area contributed by atoms with Gasteiger partial charge in [-0.3, -0.25) is 14.5 Å². The van der Waals surface area contributed by atoms with Gasteiger partial charge < -0.3 is 9.88 Å². The fourth-order valence-corrected chi connectivity index (χ4v) is 5.26. The number of anilines is 1. The van der Waals surface area contributed by atoms with E-state index in [4.69, 9.17) is 0 Å². The van der Waals surface area contributed by atoms with Crippen LogP contribution in [-0.2, 0) is 23.0 Å². The summed E-state index contributed by atoms with van der Waals surface area (Å²) >= 11 is 0. The minimum absolute atomic E-state index is 0.0264. The number of hydrogen-bond donors (Lipinski definition) is 2. The minimum Gasteiger partial charge on any atom is -0.354 e. The Morgan fingerprint density at radius 2 is 1.97 bits per heavy atom. The lowest BCUT2D eigenvalue weighted by atomic mass is 9.89. The zero-order valence-electron chi connectivity index (χ0n) is 17.7. The van der Waals surface area contributed by atoms with Crippen molar-refractivity contribution < 1.29 is 26.4 Å². The average Bonchev–Trinajstić information content (AvgIpc) is 3.20. The summed E-state index contributed by atoms with van der Waals surface area (Å²) in [7, 11) is -2.90. The van der Waals surface area contributed by atoms with Crippen LogP contribution < -0.4 is 10.0 Å². The molecule has 1 aliphatic heterocycles. The predicted octanol–water partition coefficient (Wildman–Crippen LogP) is 2.89. The molecule has 2 N–H and O–H groups in total. The van der Waals surface area contributed by atoms with E-state index in [1.807, 2.05) is 0 Å². The number of fused-ring (bicyclic) bond motifs is 1. The lowest BCUT2D eigenvalue weighted by Crippen LogP contribution is -2.25. The van der Waals surface area contributed by atoms with Crippen molar-refractivity contribution in [3.05, 3.63) is 70.8 Å². The minimum atomic E-state index is -4.38. The highest BCUT2D eigenvalue weighted by atomic mass is 32.2. The van der Waals surface area contributed by atoms with E-state index in [0.29, 0.717) is 18.5 Å². The maximum atomic E-state index is 15.4. The number of carbonyl (C=O) groups is 1. The number of carbonyl (C=O) groups excluding carboxylic acids is 1. The number of halogens is 3. The van der Waals surface area contributed by atoms with E-state index in [1.54, 1.807) is 4.57 Å². The van der Waals surface area contributed by atoms with Gasteiger partial charge in [0.05, 0.1) is 29.6 Å². The Morgan fingerprint density at radius 3 is 2.70 bits per heavy atom. The summed E-state index contributed by atoms with van der Waals surface area (Å²) in [6, 6.07) is 2.73. The molecule has 4 rings (SSSR count). The van der Waals surface area contributed by atoms with E-state index in [9.17, 15) is 22.0 Å². The quantitative estimate of drug-likeness (QED) is 0.586. The summed E-state index contributed by atoms with van der Waals surface area (Å²) in [4.78, 5) is 19.3. The van der Waals surface area contributed by atoms with Crippen molar-refractivity contribution >= 4 is 21.6 Å². The van der Waals surface area contributed by atoms with Crippen molar-refractivity contribution in [1.29, 1.82) is 0 Å². The topological polar surface area (TPSA) is 106 Å². The maximum absolute atomic E-state index is 15.4. The predicted molar refractivity (Wildman–Crippen MR) is 113 cm³/mol. The van der Waals surface area contributed by atoms with Gasteiger partial charge in [0, 0.05) is 25.1 Å². The van der Waals surface area contributed by atoms with Gasteiger partial charge in [0.2, 0.25) is 0 Å². The summed E-state index contributed by atoms with van der Waals surface area (Å²) in [5, 5.41) is 2.50. The first-order valence-electron chi connectivity index (χ1n) is 10.0. The first-order valence-corrected chi connectivity index (χ1v) is 11.5. The second-order valence-electron chi connectivity index (χ2n) is 7.67. The molecule has 33 heavy (non-hydrogen) atoms. The third-order valence-corrected chi connectivity index (χ3v) is 7.09. The summed E-state index contributed by atoms with van der Waals surface area (Å²) < 4.78 is 72.8. The van der Waals surface area contributed by atoms with Crippen molar-refractivity contribution in [3.63, 3.8) is 0 Å². The Hall–Kier alpha value is -3.41. The second-order valence-corrected chi connectivity index (χ2v) is 9.32. The Balaban J connectivity index is 1.66. The van der Waals surface area contributed by atoms with Crippen LogP contribution in [0.5, 0.6) is 0 Å². The molecule has 0 unspecified atom stereocenters. The molecule has 0 radical (unpaired) electrons. The van der Waals surface area contributed by atoms with E-state index in [0.717, 1.165) is 24.4 Å². The molecule has 2 aromatic heterocycles. The largest absolute Gasteiger partial charge is 0.354 e. The SMILES string of the molecule is CNC(=O)c1ncn2c1CC[C@H](c1c(F)ccc(NS(=O)(=O)c3cc(F)cnc3C)c1F)C2. The molecule has 3 heterocycles. The fourth-order valence-electron chi connectivity index (χ4n) is 3.99. The monoisotopic (exact) mass is 479 g/mol. The van der Waals surface area contributed by atoms with Crippen molar-refractivity contribution in [2.24, 2.45) is 0 Å². The van der Waals surface area contributed by atoms with Crippen molar-refractivity contribution in [2.45, 2.75) is 37.1 Å². The molecule has 0 fully saturated rings. The lowest BCUT2D eigenvalue weighted by Gasteiger charge is -2.26. The van der Waals surface area contributed by atoms with Gasteiger partial charge in [-0.1, -0.05) is 0 Å². The third-order valence-electron chi connectivity index (χ3n) is 5.61. The molecule has 0 bridgehead atoms.